The lowest BCUT2D eigenvalue weighted by Gasteiger charge is -2.62. The molecule has 2 aromatic rings. The highest BCUT2D eigenvalue weighted by Crippen LogP contribution is 2.40. The Kier molecular flexibility index (Phi) is 3.72. The van der Waals surface area contributed by atoms with Gasteiger partial charge in [-0.3, -0.25) is 10.0 Å². The molecule has 0 bridgehead atoms. The summed E-state index contributed by atoms with van der Waals surface area (Å²) in [5.41, 5.74) is 1.53. The first kappa shape index (κ1) is 16.6. The van der Waals surface area contributed by atoms with E-state index >= 15 is 0 Å². The number of alkyl halides is 3. The highest BCUT2D eigenvalue weighted by atomic mass is 19.4. The van der Waals surface area contributed by atoms with Crippen molar-refractivity contribution >= 4 is 17.5 Å². The Labute approximate surface area is 146 Å². The number of carbonyl (C=O) groups excluding carboxylic acids is 1. The molecular weight excluding hydrogens is 351 g/mol. The van der Waals surface area contributed by atoms with Crippen molar-refractivity contribution in [2.45, 2.75) is 18.3 Å². The molecule has 2 unspecified atom stereocenters. The third-order valence-electron chi connectivity index (χ3n) is 4.78. The van der Waals surface area contributed by atoms with E-state index in [4.69, 9.17) is 5.21 Å². The van der Waals surface area contributed by atoms with Gasteiger partial charge in [-0.1, -0.05) is 6.07 Å². The van der Waals surface area contributed by atoms with Crippen molar-refractivity contribution in [1.82, 2.24) is 15.4 Å². The van der Waals surface area contributed by atoms with Crippen molar-refractivity contribution in [2.75, 3.05) is 22.9 Å². The van der Waals surface area contributed by atoms with Crippen molar-refractivity contribution in [3.63, 3.8) is 0 Å². The summed E-state index contributed by atoms with van der Waals surface area (Å²) in [6.45, 7) is 1.17. The molecule has 2 atom stereocenters. The molecule has 0 radical (unpaired) electrons. The van der Waals surface area contributed by atoms with E-state index in [1.807, 2.05) is 9.80 Å². The Bertz CT molecular complexity index is 843. The number of benzene rings is 1. The number of rotatable bonds is 3. The van der Waals surface area contributed by atoms with Crippen LogP contribution in [-0.2, 0) is 6.18 Å². The number of amides is 1. The van der Waals surface area contributed by atoms with Gasteiger partial charge in [0.25, 0.3) is 5.91 Å². The maximum atomic E-state index is 12.9. The fourth-order valence-corrected chi connectivity index (χ4v) is 3.29. The summed E-state index contributed by atoms with van der Waals surface area (Å²) in [5.74, 6) is -0.248. The van der Waals surface area contributed by atoms with Gasteiger partial charge in [0.05, 0.1) is 23.2 Å². The maximum absolute atomic E-state index is 12.9. The van der Waals surface area contributed by atoms with E-state index in [1.165, 1.54) is 23.9 Å². The molecule has 2 N–H and O–H groups in total. The summed E-state index contributed by atoms with van der Waals surface area (Å²) in [7, 11) is 0. The second-order valence-electron chi connectivity index (χ2n) is 6.20. The van der Waals surface area contributed by atoms with E-state index in [2.05, 4.69) is 9.97 Å². The van der Waals surface area contributed by atoms with Crippen molar-refractivity contribution < 1.29 is 23.2 Å². The number of hydroxylamine groups is 1. The molecule has 4 rings (SSSR count). The minimum Gasteiger partial charge on any atom is -0.362 e. The number of aromatic nitrogens is 2. The Morgan fingerprint density at radius 2 is 1.81 bits per heavy atom. The van der Waals surface area contributed by atoms with Crippen LogP contribution in [0.15, 0.2) is 36.7 Å². The largest absolute Gasteiger partial charge is 0.416 e. The van der Waals surface area contributed by atoms with E-state index in [0.717, 1.165) is 12.1 Å². The highest BCUT2D eigenvalue weighted by molar-refractivity contribution is 5.92. The molecule has 0 saturated carbocycles. The molecule has 2 saturated heterocycles. The molecule has 3 heterocycles. The van der Waals surface area contributed by atoms with Gasteiger partial charge < -0.3 is 9.80 Å². The van der Waals surface area contributed by atoms with Crippen LogP contribution >= 0.6 is 0 Å². The standard InChI is InChI=1S/C16H14F3N5O2/c17-16(18,19)10-2-1-3-11(4-10)23-7-13-12(23)8-24(13)15-20-5-9(6-21-15)14(25)22-26/h1-6,12-13,26H,7-8H2,(H,22,25). The van der Waals surface area contributed by atoms with Crippen molar-refractivity contribution in [1.29, 1.82) is 0 Å². The molecular formula is C16H14F3N5O2. The van der Waals surface area contributed by atoms with Crippen LogP contribution in [0, 0.1) is 0 Å². The zero-order valence-corrected chi connectivity index (χ0v) is 13.3. The van der Waals surface area contributed by atoms with Crippen LogP contribution in [0.2, 0.25) is 0 Å². The quantitative estimate of drug-likeness (QED) is 0.636. The fraction of sp³-hybridized carbons (Fsp3) is 0.312. The van der Waals surface area contributed by atoms with Crippen LogP contribution in [0.25, 0.3) is 0 Å². The Morgan fingerprint density at radius 3 is 2.38 bits per heavy atom. The second kappa shape index (κ2) is 5.84. The van der Waals surface area contributed by atoms with Gasteiger partial charge >= 0.3 is 6.18 Å². The molecule has 2 fully saturated rings. The van der Waals surface area contributed by atoms with Gasteiger partial charge in [0, 0.05) is 31.2 Å². The minimum absolute atomic E-state index is 0.113. The number of piperazine rings is 1. The first-order valence-electron chi connectivity index (χ1n) is 7.85. The van der Waals surface area contributed by atoms with Crippen molar-refractivity contribution in [3.05, 3.63) is 47.8 Å². The molecule has 1 aromatic carbocycles. The molecule has 2 aliphatic rings. The van der Waals surface area contributed by atoms with Crippen molar-refractivity contribution in [2.24, 2.45) is 0 Å². The lowest BCUT2D eigenvalue weighted by molar-refractivity contribution is -0.137. The normalized spacial score (nSPS) is 21.5. The summed E-state index contributed by atoms with van der Waals surface area (Å²) in [6.07, 6.45) is -1.74. The first-order valence-corrected chi connectivity index (χ1v) is 7.85. The fourth-order valence-electron chi connectivity index (χ4n) is 3.29. The minimum atomic E-state index is -4.36. The zero-order chi connectivity index (χ0) is 18.5. The van der Waals surface area contributed by atoms with Gasteiger partial charge in [-0.2, -0.15) is 13.2 Å². The van der Waals surface area contributed by atoms with E-state index in [0.29, 0.717) is 24.7 Å². The molecule has 10 heteroatoms. The van der Waals surface area contributed by atoms with Crippen LogP contribution in [0.1, 0.15) is 15.9 Å². The molecule has 26 heavy (non-hydrogen) atoms. The maximum Gasteiger partial charge on any atom is 0.416 e. The third kappa shape index (κ3) is 2.62. The average Bonchev–Trinajstić information content (AvgIpc) is 2.62. The number of halogens is 3. The summed E-state index contributed by atoms with van der Waals surface area (Å²) < 4.78 is 38.6. The van der Waals surface area contributed by atoms with Gasteiger partial charge in [0.2, 0.25) is 5.95 Å². The van der Waals surface area contributed by atoms with E-state index in [1.54, 1.807) is 6.07 Å². The topological polar surface area (TPSA) is 81.6 Å². The molecule has 0 spiro atoms. The number of hydrogen-bond donors (Lipinski definition) is 2. The first-order chi connectivity index (χ1) is 12.4. The van der Waals surface area contributed by atoms with Crippen LogP contribution in [0.5, 0.6) is 0 Å². The van der Waals surface area contributed by atoms with Crippen molar-refractivity contribution in [3.8, 4) is 0 Å². The predicted molar refractivity (Wildman–Crippen MR) is 85.0 cm³/mol. The number of anilines is 2. The molecule has 2 aliphatic heterocycles. The van der Waals surface area contributed by atoms with Gasteiger partial charge in [0.1, 0.15) is 0 Å². The number of hydrogen-bond acceptors (Lipinski definition) is 6. The summed E-state index contributed by atoms with van der Waals surface area (Å²) in [4.78, 5) is 23.4. The monoisotopic (exact) mass is 365 g/mol. The van der Waals surface area contributed by atoms with Crippen LogP contribution in [0.3, 0.4) is 0 Å². The van der Waals surface area contributed by atoms with Crippen LogP contribution < -0.4 is 15.3 Å². The predicted octanol–water partition coefficient (Wildman–Crippen LogP) is 1.69. The zero-order valence-electron chi connectivity index (χ0n) is 13.3. The average molecular weight is 365 g/mol. The lowest BCUT2D eigenvalue weighted by atomic mass is 9.85. The SMILES string of the molecule is O=C(NO)c1cnc(N2CC3C2CN3c2cccc(C(F)(F)F)c2)nc1. The van der Waals surface area contributed by atoms with Gasteiger partial charge in [0.15, 0.2) is 0 Å². The lowest BCUT2D eigenvalue weighted by Crippen LogP contribution is -2.79. The van der Waals surface area contributed by atoms with E-state index < -0.39 is 17.6 Å². The van der Waals surface area contributed by atoms with E-state index in [-0.39, 0.29) is 17.6 Å². The Hall–Kier alpha value is -2.88. The number of carbonyl (C=O) groups is 1. The van der Waals surface area contributed by atoms with Crippen LogP contribution in [-0.4, -0.2) is 46.3 Å². The molecule has 136 valence electrons. The third-order valence-corrected chi connectivity index (χ3v) is 4.78. The molecule has 7 nitrogen and oxygen atoms in total. The summed E-state index contributed by atoms with van der Waals surface area (Å²) in [6, 6.07) is 5.55. The molecule has 1 amide bonds. The number of fused-ring (bicyclic) bond motifs is 1. The Balaban J connectivity index is 1.43. The van der Waals surface area contributed by atoms with Crippen LogP contribution in [0.4, 0.5) is 24.8 Å². The number of nitrogens with zero attached hydrogens (tertiary/aromatic N) is 4. The van der Waals surface area contributed by atoms with Gasteiger partial charge in [-0.15, -0.1) is 0 Å². The van der Waals surface area contributed by atoms with Gasteiger partial charge in [-0.05, 0) is 18.2 Å². The van der Waals surface area contributed by atoms with Gasteiger partial charge in [-0.25, -0.2) is 15.4 Å². The second-order valence-corrected chi connectivity index (χ2v) is 6.20. The number of nitrogens with one attached hydrogen (secondary N) is 1. The summed E-state index contributed by atoms with van der Waals surface area (Å²) >= 11 is 0. The smallest absolute Gasteiger partial charge is 0.362 e. The molecule has 0 aliphatic carbocycles. The van der Waals surface area contributed by atoms with E-state index in [9.17, 15) is 18.0 Å². The molecule has 1 aromatic heterocycles. The Morgan fingerprint density at radius 1 is 1.15 bits per heavy atom. The highest BCUT2D eigenvalue weighted by Gasteiger charge is 2.52. The summed E-state index contributed by atoms with van der Waals surface area (Å²) in [5, 5.41) is 8.58.